The molecule has 0 atom stereocenters. The smallest absolute Gasteiger partial charge is 0.261 e. The van der Waals surface area contributed by atoms with E-state index in [9.17, 15) is 4.39 Å². The molecule has 0 aliphatic heterocycles. The molecule has 0 amide bonds. The second-order valence-electron chi connectivity index (χ2n) is 4.17. The van der Waals surface area contributed by atoms with Crippen LogP contribution < -0.4 is 5.73 Å². The average Bonchev–Trinajstić information content (AvgIpc) is 2.91. The van der Waals surface area contributed by atoms with Gasteiger partial charge in [0.15, 0.2) is 0 Å². The van der Waals surface area contributed by atoms with Crippen molar-refractivity contribution in [2.45, 2.75) is 0 Å². The Labute approximate surface area is 122 Å². The zero-order valence-electron chi connectivity index (χ0n) is 10.2. The van der Waals surface area contributed by atoms with E-state index in [-0.39, 0.29) is 11.5 Å². The van der Waals surface area contributed by atoms with Crippen molar-refractivity contribution >= 4 is 21.6 Å². The number of rotatable bonds is 2. The van der Waals surface area contributed by atoms with E-state index in [1.807, 2.05) is 24.3 Å². The first-order valence-electron chi connectivity index (χ1n) is 5.78. The van der Waals surface area contributed by atoms with Gasteiger partial charge in [0.1, 0.15) is 5.82 Å². The number of halogens is 2. The van der Waals surface area contributed by atoms with Crippen LogP contribution in [-0.4, -0.2) is 10.1 Å². The molecule has 3 aromatic rings. The van der Waals surface area contributed by atoms with Gasteiger partial charge in [0.2, 0.25) is 5.82 Å². The molecule has 1 aromatic heterocycles. The molecule has 4 nitrogen and oxygen atoms in total. The van der Waals surface area contributed by atoms with E-state index < -0.39 is 5.82 Å². The maximum absolute atomic E-state index is 13.7. The number of aromatic nitrogens is 2. The predicted octanol–water partition coefficient (Wildman–Crippen LogP) is 3.89. The lowest BCUT2D eigenvalue weighted by atomic mass is 10.2. The molecule has 0 aliphatic carbocycles. The quantitative estimate of drug-likeness (QED) is 0.722. The van der Waals surface area contributed by atoms with E-state index in [4.69, 9.17) is 10.3 Å². The first-order chi connectivity index (χ1) is 9.63. The van der Waals surface area contributed by atoms with E-state index in [0.29, 0.717) is 11.5 Å². The molecule has 20 heavy (non-hydrogen) atoms. The van der Waals surface area contributed by atoms with Crippen molar-refractivity contribution in [3.05, 3.63) is 52.8 Å². The van der Waals surface area contributed by atoms with Gasteiger partial charge in [-0.05, 0) is 30.3 Å². The highest BCUT2D eigenvalue weighted by molar-refractivity contribution is 9.10. The SMILES string of the molecule is Nc1ccc(F)c(-c2nc(-c3cccc(Br)c3)no2)c1. The number of anilines is 1. The maximum Gasteiger partial charge on any atom is 0.261 e. The number of nitrogens with zero attached hydrogens (tertiary/aromatic N) is 2. The van der Waals surface area contributed by atoms with Gasteiger partial charge in [0.25, 0.3) is 5.89 Å². The third-order valence-electron chi connectivity index (χ3n) is 2.73. The summed E-state index contributed by atoms with van der Waals surface area (Å²) in [5.74, 6) is 0.0385. The van der Waals surface area contributed by atoms with E-state index in [1.165, 1.54) is 18.2 Å². The molecular weight excluding hydrogens is 325 g/mol. The molecule has 0 bridgehead atoms. The van der Waals surface area contributed by atoms with Crippen molar-refractivity contribution in [3.63, 3.8) is 0 Å². The van der Waals surface area contributed by atoms with Gasteiger partial charge in [-0.1, -0.05) is 33.2 Å². The van der Waals surface area contributed by atoms with Crippen LogP contribution in [0, 0.1) is 5.82 Å². The minimum atomic E-state index is -0.455. The molecule has 6 heteroatoms. The molecule has 1 heterocycles. The summed E-state index contributed by atoms with van der Waals surface area (Å²) in [5.41, 5.74) is 7.04. The van der Waals surface area contributed by atoms with Crippen LogP contribution in [0.4, 0.5) is 10.1 Å². The topological polar surface area (TPSA) is 64.9 Å². The molecule has 0 unspecified atom stereocenters. The van der Waals surface area contributed by atoms with Crippen LogP contribution in [0.1, 0.15) is 0 Å². The summed E-state index contributed by atoms with van der Waals surface area (Å²) in [6, 6.07) is 11.7. The molecule has 0 saturated carbocycles. The van der Waals surface area contributed by atoms with Crippen molar-refractivity contribution in [2.75, 3.05) is 5.73 Å². The molecular formula is C14H9BrFN3O. The lowest BCUT2D eigenvalue weighted by Gasteiger charge is -1.98. The second kappa shape index (κ2) is 5.05. The largest absolute Gasteiger partial charge is 0.399 e. The Hall–Kier alpha value is -2.21. The van der Waals surface area contributed by atoms with Crippen LogP contribution in [0.2, 0.25) is 0 Å². The second-order valence-corrected chi connectivity index (χ2v) is 5.09. The lowest BCUT2D eigenvalue weighted by Crippen LogP contribution is -1.89. The Kier molecular flexibility index (Phi) is 3.23. The van der Waals surface area contributed by atoms with E-state index in [2.05, 4.69) is 26.1 Å². The summed E-state index contributed by atoms with van der Waals surface area (Å²) < 4.78 is 19.7. The summed E-state index contributed by atoms with van der Waals surface area (Å²) in [5, 5.41) is 3.86. The fourth-order valence-electron chi connectivity index (χ4n) is 1.78. The molecule has 0 spiro atoms. The number of nitrogens with two attached hydrogens (primary N) is 1. The minimum Gasteiger partial charge on any atom is -0.399 e. The summed E-state index contributed by atoms with van der Waals surface area (Å²) in [7, 11) is 0. The Morgan fingerprint density at radius 2 is 2.00 bits per heavy atom. The lowest BCUT2D eigenvalue weighted by molar-refractivity contribution is 0.429. The minimum absolute atomic E-state index is 0.102. The monoisotopic (exact) mass is 333 g/mol. The van der Waals surface area contributed by atoms with Gasteiger partial charge in [-0.3, -0.25) is 0 Å². The van der Waals surface area contributed by atoms with Crippen LogP contribution >= 0.6 is 15.9 Å². The molecule has 2 N–H and O–H groups in total. The van der Waals surface area contributed by atoms with Gasteiger partial charge in [-0.15, -0.1) is 0 Å². The summed E-state index contributed by atoms with van der Waals surface area (Å²) in [4.78, 5) is 4.20. The molecule has 0 radical (unpaired) electrons. The van der Waals surface area contributed by atoms with Crippen LogP contribution in [0.15, 0.2) is 51.5 Å². The van der Waals surface area contributed by atoms with Gasteiger partial charge in [0, 0.05) is 15.7 Å². The van der Waals surface area contributed by atoms with Crippen molar-refractivity contribution in [1.29, 1.82) is 0 Å². The summed E-state index contributed by atoms with van der Waals surface area (Å²) in [6.45, 7) is 0. The maximum atomic E-state index is 13.7. The molecule has 3 rings (SSSR count). The van der Waals surface area contributed by atoms with Crippen molar-refractivity contribution in [2.24, 2.45) is 0 Å². The highest BCUT2D eigenvalue weighted by Crippen LogP contribution is 2.27. The number of hydrogen-bond acceptors (Lipinski definition) is 4. The zero-order valence-corrected chi connectivity index (χ0v) is 11.8. The molecule has 100 valence electrons. The van der Waals surface area contributed by atoms with E-state index in [1.54, 1.807) is 0 Å². The van der Waals surface area contributed by atoms with Crippen LogP contribution in [0.25, 0.3) is 22.8 Å². The third-order valence-corrected chi connectivity index (χ3v) is 3.22. The Bertz CT molecular complexity index is 773. The van der Waals surface area contributed by atoms with Crippen molar-refractivity contribution in [3.8, 4) is 22.8 Å². The fraction of sp³-hybridized carbons (Fsp3) is 0. The Morgan fingerprint density at radius 1 is 1.15 bits per heavy atom. The number of hydrogen-bond donors (Lipinski definition) is 1. The van der Waals surface area contributed by atoms with Crippen molar-refractivity contribution in [1.82, 2.24) is 10.1 Å². The van der Waals surface area contributed by atoms with Gasteiger partial charge < -0.3 is 10.3 Å². The average molecular weight is 334 g/mol. The molecule has 0 fully saturated rings. The van der Waals surface area contributed by atoms with Crippen molar-refractivity contribution < 1.29 is 8.91 Å². The summed E-state index contributed by atoms with van der Waals surface area (Å²) in [6.07, 6.45) is 0. The highest BCUT2D eigenvalue weighted by atomic mass is 79.9. The van der Waals surface area contributed by atoms with Crippen LogP contribution in [0.5, 0.6) is 0 Å². The standard InChI is InChI=1S/C14H9BrFN3O/c15-9-3-1-2-8(6-9)13-18-14(20-19-13)11-7-10(17)4-5-12(11)16/h1-7H,17H2. The molecule has 0 aliphatic rings. The Morgan fingerprint density at radius 3 is 2.80 bits per heavy atom. The van der Waals surface area contributed by atoms with E-state index in [0.717, 1.165) is 10.0 Å². The number of benzene rings is 2. The normalized spacial score (nSPS) is 10.7. The first kappa shape index (κ1) is 12.8. The van der Waals surface area contributed by atoms with E-state index >= 15 is 0 Å². The highest BCUT2D eigenvalue weighted by Gasteiger charge is 2.14. The van der Waals surface area contributed by atoms with Crippen LogP contribution in [-0.2, 0) is 0 Å². The van der Waals surface area contributed by atoms with Gasteiger partial charge >= 0.3 is 0 Å². The summed E-state index contributed by atoms with van der Waals surface area (Å²) >= 11 is 3.37. The van der Waals surface area contributed by atoms with Gasteiger partial charge in [-0.2, -0.15) is 4.98 Å². The van der Waals surface area contributed by atoms with Gasteiger partial charge in [-0.25, -0.2) is 4.39 Å². The first-order valence-corrected chi connectivity index (χ1v) is 6.58. The predicted molar refractivity (Wildman–Crippen MR) is 77.2 cm³/mol. The third kappa shape index (κ3) is 2.42. The zero-order chi connectivity index (χ0) is 14.1. The van der Waals surface area contributed by atoms with Crippen LogP contribution in [0.3, 0.4) is 0 Å². The van der Waals surface area contributed by atoms with Gasteiger partial charge in [0.05, 0.1) is 5.56 Å². The fourth-order valence-corrected chi connectivity index (χ4v) is 2.18. The Balaban J connectivity index is 2.04. The number of nitrogen functional groups attached to an aromatic ring is 1. The molecule has 0 saturated heterocycles. The molecule has 2 aromatic carbocycles.